The van der Waals surface area contributed by atoms with E-state index >= 15 is 0 Å². The number of fused-ring (bicyclic) bond motifs is 1. The first-order valence-electron chi connectivity index (χ1n) is 5.32. The minimum Gasteiger partial charge on any atom is -0.497 e. The summed E-state index contributed by atoms with van der Waals surface area (Å²) in [5, 5.41) is 5.86. The van der Waals surface area contributed by atoms with E-state index in [1.54, 1.807) is 7.11 Å². The molecule has 2 rings (SSSR count). The molecule has 1 aromatic carbocycles. The van der Waals surface area contributed by atoms with Crippen LogP contribution in [0.3, 0.4) is 0 Å². The summed E-state index contributed by atoms with van der Waals surface area (Å²) < 4.78 is 7.14. The summed E-state index contributed by atoms with van der Waals surface area (Å²) in [6.07, 6.45) is 0. The molecule has 0 spiro atoms. The van der Waals surface area contributed by atoms with Gasteiger partial charge < -0.3 is 4.74 Å². The summed E-state index contributed by atoms with van der Waals surface area (Å²) >= 11 is 6.08. The predicted octanol–water partition coefficient (Wildman–Crippen LogP) is 3.35. The standard InChI is InChI=1S/C12H15ClN2O/c1-8(2)7-15-11-6-9(16-3)4-5-10(11)12(13)14-15/h4-6,8H,7H2,1-3H3. The lowest BCUT2D eigenvalue weighted by Crippen LogP contribution is -2.05. The molecule has 0 radical (unpaired) electrons. The summed E-state index contributed by atoms with van der Waals surface area (Å²) in [7, 11) is 1.66. The van der Waals surface area contributed by atoms with Crippen molar-refractivity contribution in [3.8, 4) is 5.75 Å². The van der Waals surface area contributed by atoms with Gasteiger partial charge in [0.2, 0.25) is 0 Å². The van der Waals surface area contributed by atoms with Gasteiger partial charge >= 0.3 is 0 Å². The summed E-state index contributed by atoms with van der Waals surface area (Å²) in [4.78, 5) is 0. The maximum Gasteiger partial charge on any atom is 0.158 e. The van der Waals surface area contributed by atoms with Crippen LogP contribution in [0.5, 0.6) is 5.75 Å². The van der Waals surface area contributed by atoms with Crippen molar-refractivity contribution < 1.29 is 4.74 Å². The molecule has 0 bridgehead atoms. The van der Waals surface area contributed by atoms with Crippen molar-refractivity contribution in [2.24, 2.45) is 5.92 Å². The molecule has 2 aromatic rings. The lowest BCUT2D eigenvalue weighted by atomic mass is 10.2. The lowest BCUT2D eigenvalue weighted by molar-refractivity contribution is 0.414. The fraction of sp³-hybridized carbons (Fsp3) is 0.417. The van der Waals surface area contributed by atoms with E-state index in [0.29, 0.717) is 11.1 Å². The number of ether oxygens (including phenoxy) is 1. The highest BCUT2D eigenvalue weighted by Crippen LogP contribution is 2.27. The zero-order chi connectivity index (χ0) is 11.7. The molecule has 0 unspecified atom stereocenters. The van der Waals surface area contributed by atoms with Crippen molar-refractivity contribution >= 4 is 22.5 Å². The van der Waals surface area contributed by atoms with Gasteiger partial charge in [0.25, 0.3) is 0 Å². The van der Waals surface area contributed by atoms with Gasteiger partial charge in [0.05, 0.1) is 12.6 Å². The van der Waals surface area contributed by atoms with E-state index in [-0.39, 0.29) is 0 Å². The number of rotatable bonds is 3. The van der Waals surface area contributed by atoms with Gasteiger partial charge in [-0.15, -0.1) is 0 Å². The van der Waals surface area contributed by atoms with Crippen LogP contribution in [0, 0.1) is 5.92 Å². The Labute approximate surface area is 100.0 Å². The highest BCUT2D eigenvalue weighted by Gasteiger charge is 2.10. The molecule has 86 valence electrons. The fourth-order valence-corrected chi connectivity index (χ4v) is 1.98. The number of methoxy groups -OCH3 is 1. The van der Waals surface area contributed by atoms with Gasteiger partial charge in [-0.25, -0.2) is 0 Å². The number of hydrogen-bond donors (Lipinski definition) is 0. The zero-order valence-corrected chi connectivity index (χ0v) is 10.5. The second-order valence-electron chi connectivity index (χ2n) is 4.25. The largest absolute Gasteiger partial charge is 0.497 e. The molecular weight excluding hydrogens is 224 g/mol. The van der Waals surface area contributed by atoms with Gasteiger partial charge in [0, 0.05) is 18.0 Å². The molecule has 0 saturated heterocycles. The Balaban J connectivity index is 2.56. The Bertz CT molecular complexity index is 505. The Hall–Kier alpha value is -1.22. The molecule has 3 nitrogen and oxygen atoms in total. The van der Waals surface area contributed by atoms with Crippen molar-refractivity contribution in [1.82, 2.24) is 9.78 Å². The topological polar surface area (TPSA) is 27.1 Å². The molecule has 0 N–H and O–H groups in total. The second kappa shape index (κ2) is 4.34. The summed E-state index contributed by atoms with van der Waals surface area (Å²) in [5.41, 5.74) is 1.03. The summed E-state index contributed by atoms with van der Waals surface area (Å²) in [6, 6.07) is 5.81. The van der Waals surface area contributed by atoms with Crippen LogP contribution in [0.25, 0.3) is 10.9 Å². The molecule has 16 heavy (non-hydrogen) atoms. The van der Waals surface area contributed by atoms with Crippen molar-refractivity contribution in [3.63, 3.8) is 0 Å². The molecular formula is C12H15ClN2O. The van der Waals surface area contributed by atoms with E-state index in [2.05, 4.69) is 18.9 Å². The van der Waals surface area contributed by atoms with E-state index in [1.165, 1.54) is 0 Å². The average molecular weight is 239 g/mol. The average Bonchev–Trinajstić information content (AvgIpc) is 2.54. The third-order valence-electron chi connectivity index (χ3n) is 2.45. The molecule has 0 aliphatic heterocycles. The summed E-state index contributed by atoms with van der Waals surface area (Å²) in [5.74, 6) is 1.36. The Morgan fingerprint density at radius 1 is 1.44 bits per heavy atom. The van der Waals surface area contributed by atoms with E-state index in [0.717, 1.165) is 23.2 Å². The molecule has 0 amide bonds. The molecule has 1 heterocycles. The first-order chi connectivity index (χ1) is 7.61. The number of hydrogen-bond acceptors (Lipinski definition) is 2. The molecule has 0 aliphatic carbocycles. The fourth-order valence-electron chi connectivity index (χ4n) is 1.73. The van der Waals surface area contributed by atoms with Crippen LogP contribution in [-0.4, -0.2) is 16.9 Å². The van der Waals surface area contributed by atoms with E-state index in [4.69, 9.17) is 16.3 Å². The van der Waals surface area contributed by atoms with Crippen LogP contribution in [0.2, 0.25) is 5.15 Å². The minimum absolute atomic E-state index is 0.533. The van der Waals surface area contributed by atoms with Gasteiger partial charge in [0.15, 0.2) is 5.15 Å². The van der Waals surface area contributed by atoms with Crippen LogP contribution in [0.4, 0.5) is 0 Å². The maximum absolute atomic E-state index is 6.08. The third-order valence-corrected chi connectivity index (χ3v) is 2.73. The second-order valence-corrected chi connectivity index (χ2v) is 4.61. The van der Waals surface area contributed by atoms with Gasteiger partial charge in [-0.1, -0.05) is 25.4 Å². The lowest BCUT2D eigenvalue weighted by Gasteiger charge is -2.06. The first-order valence-corrected chi connectivity index (χ1v) is 5.69. The van der Waals surface area contributed by atoms with Crippen LogP contribution in [0.15, 0.2) is 18.2 Å². The molecule has 0 aliphatic rings. The number of nitrogens with zero attached hydrogens (tertiary/aromatic N) is 2. The van der Waals surface area contributed by atoms with Crippen LogP contribution in [0.1, 0.15) is 13.8 Å². The van der Waals surface area contributed by atoms with Gasteiger partial charge in [-0.05, 0) is 18.1 Å². The third kappa shape index (κ3) is 2.00. The number of aromatic nitrogens is 2. The smallest absolute Gasteiger partial charge is 0.158 e. The van der Waals surface area contributed by atoms with Crippen molar-refractivity contribution in [2.45, 2.75) is 20.4 Å². The van der Waals surface area contributed by atoms with Gasteiger partial charge in [-0.3, -0.25) is 4.68 Å². The maximum atomic E-state index is 6.08. The van der Waals surface area contributed by atoms with Gasteiger partial charge in [0.1, 0.15) is 5.75 Å². The van der Waals surface area contributed by atoms with Crippen LogP contribution >= 0.6 is 11.6 Å². The van der Waals surface area contributed by atoms with Crippen molar-refractivity contribution in [3.05, 3.63) is 23.4 Å². The Morgan fingerprint density at radius 3 is 2.81 bits per heavy atom. The van der Waals surface area contributed by atoms with Crippen LogP contribution < -0.4 is 4.74 Å². The monoisotopic (exact) mass is 238 g/mol. The highest BCUT2D eigenvalue weighted by atomic mass is 35.5. The number of halogens is 1. The normalized spacial score (nSPS) is 11.3. The Morgan fingerprint density at radius 2 is 2.19 bits per heavy atom. The highest BCUT2D eigenvalue weighted by molar-refractivity contribution is 6.34. The number of benzene rings is 1. The van der Waals surface area contributed by atoms with Crippen molar-refractivity contribution in [1.29, 1.82) is 0 Å². The zero-order valence-electron chi connectivity index (χ0n) is 9.70. The molecule has 4 heteroatoms. The minimum atomic E-state index is 0.533. The summed E-state index contributed by atoms with van der Waals surface area (Å²) in [6.45, 7) is 5.17. The van der Waals surface area contributed by atoms with E-state index in [1.807, 2.05) is 22.9 Å². The molecule has 0 saturated carbocycles. The predicted molar refractivity (Wildman–Crippen MR) is 66.1 cm³/mol. The Kier molecular flexibility index (Phi) is 3.06. The van der Waals surface area contributed by atoms with E-state index < -0.39 is 0 Å². The first kappa shape index (κ1) is 11.3. The molecule has 0 atom stereocenters. The van der Waals surface area contributed by atoms with E-state index in [9.17, 15) is 0 Å². The van der Waals surface area contributed by atoms with Crippen molar-refractivity contribution in [2.75, 3.05) is 7.11 Å². The van der Waals surface area contributed by atoms with Crippen LogP contribution in [-0.2, 0) is 6.54 Å². The molecule has 0 fully saturated rings. The SMILES string of the molecule is COc1ccc2c(Cl)nn(CC(C)C)c2c1. The quantitative estimate of drug-likeness (QED) is 0.820. The molecule has 1 aromatic heterocycles. The van der Waals surface area contributed by atoms with Gasteiger partial charge in [-0.2, -0.15) is 5.10 Å².